The molecule has 2 N–H and O–H groups in total. The summed E-state index contributed by atoms with van der Waals surface area (Å²) in [6.07, 6.45) is 0.684. The standard InChI is InChI=1S/C16H16N4O9S/c1-27-10-3-8(9(20(25)26)4-11(10)29-7-14(23)28-2)6-17-19-16-18-15(24)12(30-16)5-13(21)22/h3-4,6,12H,5,7H2,1-2H3,(H,21,22)(H,18,19,24). The molecule has 13 nitrogen and oxygen atoms in total. The first-order valence-corrected chi connectivity index (χ1v) is 8.99. The number of hydrogen-bond acceptors (Lipinski definition) is 11. The molecule has 1 heterocycles. The number of nitrogens with one attached hydrogen (secondary N) is 1. The van der Waals surface area contributed by atoms with Gasteiger partial charge in [-0.15, -0.1) is 5.10 Å². The van der Waals surface area contributed by atoms with Gasteiger partial charge >= 0.3 is 11.9 Å². The maximum absolute atomic E-state index is 11.7. The molecule has 0 aromatic heterocycles. The number of carbonyl (C=O) groups excluding carboxylic acids is 2. The van der Waals surface area contributed by atoms with E-state index in [-0.39, 0.29) is 28.7 Å². The molecular weight excluding hydrogens is 424 g/mol. The van der Waals surface area contributed by atoms with Crippen LogP contribution in [0.2, 0.25) is 0 Å². The first-order chi connectivity index (χ1) is 14.2. The number of carboxylic acid groups (broad SMARTS) is 1. The van der Waals surface area contributed by atoms with Crippen LogP contribution in [0.5, 0.6) is 11.5 Å². The molecule has 0 radical (unpaired) electrons. The topological polar surface area (TPSA) is 179 Å². The van der Waals surface area contributed by atoms with Crippen LogP contribution in [-0.2, 0) is 19.1 Å². The Morgan fingerprint density at radius 1 is 1.37 bits per heavy atom. The van der Waals surface area contributed by atoms with Crippen molar-refractivity contribution in [2.45, 2.75) is 11.7 Å². The van der Waals surface area contributed by atoms with Gasteiger partial charge in [0.25, 0.3) is 5.69 Å². The molecule has 1 saturated heterocycles. The predicted octanol–water partition coefficient (Wildman–Crippen LogP) is 0.551. The maximum Gasteiger partial charge on any atom is 0.343 e. The number of carbonyl (C=O) groups is 3. The number of nitro groups is 1. The number of carboxylic acids is 1. The largest absolute Gasteiger partial charge is 0.493 e. The van der Waals surface area contributed by atoms with Crippen molar-refractivity contribution in [2.24, 2.45) is 10.2 Å². The van der Waals surface area contributed by atoms with Crippen LogP contribution in [0.4, 0.5) is 5.69 Å². The highest BCUT2D eigenvalue weighted by atomic mass is 32.2. The van der Waals surface area contributed by atoms with E-state index in [9.17, 15) is 24.5 Å². The third-order valence-electron chi connectivity index (χ3n) is 3.56. The lowest BCUT2D eigenvalue weighted by Crippen LogP contribution is -2.26. The van der Waals surface area contributed by atoms with Crippen LogP contribution in [0, 0.1) is 10.1 Å². The van der Waals surface area contributed by atoms with Gasteiger partial charge in [-0.3, -0.25) is 19.7 Å². The summed E-state index contributed by atoms with van der Waals surface area (Å²) in [7, 11) is 2.47. The molecule has 160 valence electrons. The van der Waals surface area contributed by atoms with E-state index in [2.05, 4.69) is 20.3 Å². The van der Waals surface area contributed by atoms with Gasteiger partial charge in [0.1, 0.15) is 5.25 Å². The Balaban J connectivity index is 2.24. The van der Waals surface area contributed by atoms with Crippen molar-refractivity contribution in [1.29, 1.82) is 0 Å². The minimum atomic E-state index is -1.13. The molecule has 1 unspecified atom stereocenters. The van der Waals surface area contributed by atoms with Crippen molar-refractivity contribution in [3.05, 3.63) is 27.8 Å². The Morgan fingerprint density at radius 3 is 2.70 bits per heavy atom. The minimum absolute atomic E-state index is 0.0167. The van der Waals surface area contributed by atoms with E-state index < -0.39 is 40.3 Å². The van der Waals surface area contributed by atoms with Crippen LogP contribution in [0.3, 0.4) is 0 Å². The van der Waals surface area contributed by atoms with Gasteiger partial charge in [0.2, 0.25) is 5.91 Å². The zero-order valence-electron chi connectivity index (χ0n) is 15.7. The second-order valence-corrected chi connectivity index (χ2v) is 6.72. The molecule has 0 bridgehead atoms. The number of amidine groups is 1. The number of aliphatic carboxylic acids is 1. The van der Waals surface area contributed by atoms with Gasteiger partial charge in [0, 0.05) is 0 Å². The number of thioether (sulfide) groups is 1. The third-order valence-corrected chi connectivity index (χ3v) is 4.64. The smallest absolute Gasteiger partial charge is 0.343 e. The molecule has 1 aromatic rings. The quantitative estimate of drug-likeness (QED) is 0.238. The highest BCUT2D eigenvalue weighted by Crippen LogP contribution is 2.34. The van der Waals surface area contributed by atoms with Crippen molar-refractivity contribution in [3.8, 4) is 11.5 Å². The lowest BCUT2D eigenvalue weighted by Gasteiger charge is -2.10. The molecule has 14 heteroatoms. The number of esters is 1. The predicted molar refractivity (Wildman–Crippen MR) is 104 cm³/mol. The van der Waals surface area contributed by atoms with Gasteiger partial charge < -0.3 is 24.6 Å². The number of nitrogens with zero attached hydrogens (tertiary/aromatic N) is 3. The Hall–Kier alpha value is -3.68. The van der Waals surface area contributed by atoms with E-state index in [0.29, 0.717) is 0 Å². The monoisotopic (exact) mass is 440 g/mol. The van der Waals surface area contributed by atoms with E-state index >= 15 is 0 Å². The van der Waals surface area contributed by atoms with Crippen LogP contribution in [0.15, 0.2) is 22.3 Å². The fraction of sp³-hybridized carbons (Fsp3) is 0.312. The molecule has 0 spiro atoms. The summed E-state index contributed by atoms with van der Waals surface area (Å²) in [5, 5.41) is 29.2. The van der Waals surface area contributed by atoms with Crippen molar-refractivity contribution < 1.29 is 38.6 Å². The maximum atomic E-state index is 11.7. The molecular formula is C16H16N4O9S. The summed E-state index contributed by atoms with van der Waals surface area (Å²) in [5.41, 5.74) is -0.380. The normalized spacial score (nSPS) is 17.1. The summed E-state index contributed by atoms with van der Waals surface area (Å²) in [5.74, 6) is -2.28. The summed E-state index contributed by atoms with van der Waals surface area (Å²) in [6, 6.07) is 2.33. The number of amides is 1. The van der Waals surface area contributed by atoms with Crippen molar-refractivity contribution in [2.75, 3.05) is 20.8 Å². The number of ether oxygens (including phenoxy) is 3. The highest BCUT2D eigenvalue weighted by molar-refractivity contribution is 8.15. The lowest BCUT2D eigenvalue weighted by atomic mass is 10.1. The van der Waals surface area contributed by atoms with Gasteiger partial charge in [0.05, 0.1) is 43.4 Å². The molecule has 1 aromatic carbocycles. The molecule has 1 aliphatic heterocycles. The minimum Gasteiger partial charge on any atom is -0.493 e. The van der Waals surface area contributed by atoms with E-state index in [0.717, 1.165) is 24.0 Å². The number of nitro benzene ring substituents is 1. The molecule has 0 saturated carbocycles. The molecule has 1 fully saturated rings. The number of benzene rings is 1. The summed E-state index contributed by atoms with van der Waals surface area (Å²) >= 11 is 0.887. The second kappa shape index (κ2) is 10.2. The summed E-state index contributed by atoms with van der Waals surface area (Å²) < 4.78 is 14.8. The number of methoxy groups -OCH3 is 2. The van der Waals surface area contributed by atoms with Gasteiger partial charge in [-0.05, 0) is 6.07 Å². The average molecular weight is 440 g/mol. The second-order valence-electron chi connectivity index (χ2n) is 5.53. The highest BCUT2D eigenvalue weighted by Gasteiger charge is 2.32. The van der Waals surface area contributed by atoms with Crippen molar-refractivity contribution in [3.63, 3.8) is 0 Å². The Labute approximate surface area is 173 Å². The van der Waals surface area contributed by atoms with Crippen LogP contribution in [-0.4, -0.2) is 65.3 Å². The molecule has 1 atom stereocenters. The Morgan fingerprint density at radius 2 is 2.10 bits per heavy atom. The van der Waals surface area contributed by atoms with Gasteiger partial charge in [-0.25, -0.2) is 4.79 Å². The molecule has 30 heavy (non-hydrogen) atoms. The fourth-order valence-electron chi connectivity index (χ4n) is 2.18. The van der Waals surface area contributed by atoms with Crippen LogP contribution >= 0.6 is 11.8 Å². The van der Waals surface area contributed by atoms with Crippen LogP contribution in [0.25, 0.3) is 0 Å². The molecule has 1 aliphatic rings. The fourth-order valence-corrected chi connectivity index (χ4v) is 3.10. The van der Waals surface area contributed by atoms with E-state index in [1.807, 2.05) is 0 Å². The average Bonchev–Trinajstić information content (AvgIpc) is 3.04. The number of rotatable bonds is 9. The van der Waals surface area contributed by atoms with Crippen LogP contribution in [0.1, 0.15) is 12.0 Å². The van der Waals surface area contributed by atoms with Gasteiger partial charge in [-0.2, -0.15) is 5.10 Å². The van der Waals surface area contributed by atoms with Gasteiger partial charge in [0.15, 0.2) is 23.3 Å². The van der Waals surface area contributed by atoms with E-state index in [1.54, 1.807) is 0 Å². The van der Waals surface area contributed by atoms with Crippen molar-refractivity contribution >= 4 is 46.7 Å². The zero-order valence-corrected chi connectivity index (χ0v) is 16.5. The Bertz CT molecular complexity index is 932. The lowest BCUT2D eigenvalue weighted by molar-refractivity contribution is -0.385. The van der Waals surface area contributed by atoms with Crippen molar-refractivity contribution in [1.82, 2.24) is 5.32 Å². The molecule has 2 rings (SSSR count). The van der Waals surface area contributed by atoms with Gasteiger partial charge in [-0.1, -0.05) is 11.8 Å². The first-order valence-electron chi connectivity index (χ1n) is 8.11. The number of hydrogen-bond donors (Lipinski definition) is 2. The molecule has 0 aliphatic carbocycles. The van der Waals surface area contributed by atoms with E-state index in [1.165, 1.54) is 20.3 Å². The summed E-state index contributed by atoms with van der Waals surface area (Å²) in [6.45, 7) is -0.473. The summed E-state index contributed by atoms with van der Waals surface area (Å²) in [4.78, 5) is 44.3. The van der Waals surface area contributed by atoms with Crippen LogP contribution < -0.4 is 14.8 Å². The van der Waals surface area contributed by atoms with E-state index in [4.69, 9.17) is 14.6 Å². The zero-order chi connectivity index (χ0) is 22.3. The first kappa shape index (κ1) is 22.6. The SMILES string of the molecule is COC(=O)COc1cc([N+](=O)[O-])c(C=NN=C2NC(=O)C(CC(=O)O)S2)cc1OC. The third kappa shape index (κ3) is 5.91. The molecule has 1 amide bonds. The Kier molecular flexibility index (Phi) is 7.69.